The largest absolute Gasteiger partial charge is 0.270 e. The maximum absolute atomic E-state index is 10.5. The first-order valence-corrected chi connectivity index (χ1v) is 5.83. The van der Waals surface area contributed by atoms with E-state index in [1.165, 1.54) is 6.07 Å². The van der Waals surface area contributed by atoms with E-state index in [0.717, 1.165) is 23.7 Å². The molecule has 80 valence electrons. The molecule has 0 fully saturated rings. The summed E-state index contributed by atoms with van der Waals surface area (Å²) in [5.41, 5.74) is 1.01. The molecule has 0 N–H and O–H groups in total. The van der Waals surface area contributed by atoms with Crippen LogP contribution in [0.1, 0.15) is 18.4 Å². The molecule has 1 aromatic carbocycles. The quantitative estimate of drug-likeness (QED) is 0.353. The van der Waals surface area contributed by atoms with Crippen LogP contribution in [-0.4, -0.2) is 10.3 Å². The Balaban J connectivity index is 2.65. The van der Waals surface area contributed by atoms with Gasteiger partial charge in [-0.25, -0.2) is 0 Å². The molecule has 3 nitrogen and oxygen atoms in total. The standard InChI is InChI=1S/C11H12BrNO2/c12-8-3-1-2-5-10-6-4-7-11(9-10)13(14)15/h2,4-7,9H,1,3,8H2/b5-2-. The number of unbranched alkanes of at least 4 members (excludes halogenated alkanes) is 1. The number of alkyl halides is 1. The van der Waals surface area contributed by atoms with Crippen LogP contribution < -0.4 is 0 Å². The summed E-state index contributed by atoms with van der Waals surface area (Å²) in [6.45, 7) is 0. The lowest BCUT2D eigenvalue weighted by molar-refractivity contribution is -0.384. The fourth-order valence-electron chi connectivity index (χ4n) is 1.16. The van der Waals surface area contributed by atoms with Crippen LogP contribution in [0, 0.1) is 10.1 Å². The van der Waals surface area contributed by atoms with Crippen molar-refractivity contribution in [3.8, 4) is 0 Å². The van der Waals surface area contributed by atoms with Gasteiger partial charge in [-0.3, -0.25) is 10.1 Å². The average Bonchev–Trinajstić information content (AvgIpc) is 2.25. The van der Waals surface area contributed by atoms with Gasteiger partial charge in [0.2, 0.25) is 0 Å². The van der Waals surface area contributed by atoms with E-state index in [4.69, 9.17) is 0 Å². The third kappa shape index (κ3) is 4.25. The molecule has 0 saturated heterocycles. The van der Waals surface area contributed by atoms with Gasteiger partial charge in [0, 0.05) is 17.5 Å². The van der Waals surface area contributed by atoms with Gasteiger partial charge < -0.3 is 0 Å². The summed E-state index contributed by atoms with van der Waals surface area (Å²) in [6.07, 6.45) is 6.00. The molecule has 0 amide bonds. The van der Waals surface area contributed by atoms with E-state index in [2.05, 4.69) is 15.9 Å². The second-order valence-corrected chi connectivity index (χ2v) is 3.88. The lowest BCUT2D eigenvalue weighted by Gasteiger charge is -1.94. The van der Waals surface area contributed by atoms with Gasteiger partial charge in [-0.2, -0.15) is 0 Å². The van der Waals surface area contributed by atoms with Crippen molar-refractivity contribution in [3.05, 3.63) is 46.0 Å². The first kappa shape index (κ1) is 11.9. The van der Waals surface area contributed by atoms with Gasteiger partial charge in [0.1, 0.15) is 0 Å². The maximum Gasteiger partial charge on any atom is 0.270 e. The lowest BCUT2D eigenvalue weighted by atomic mass is 10.1. The number of nitrogens with zero attached hydrogens (tertiary/aromatic N) is 1. The van der Waals surface area contributed by atoms with Gasteiger partial charge in [-0.15, -0.1) is 0 Å². The van der Waals surface area contributed by atoms with Crippen molar-refractivity contribution in [1.29, 1.82) is 0 Å². The van der Waals surface area contributed by atoms with Crippen LogP contribution in [0.3, 0.4) is 0 Å². The molecule has 1 rings (SSSR count). The van der Waals surface area contributed by atoms with E-state index in [1.54, 1.807) is 12.1 Å². The van der Waals surface area contributed by atoms with Crippen LogP contribution in [0.2, 0.25) is 0 Å². The third-order valence-electron chi connectivity index (χ3n) is 1.90. The summed E-state index contributed by atoms with van der Waals surface area (Å²) in [7, 11) is 0. The maximum atomic E-state index is 10.5. The molecule has 0 aliphatic rings. The van der Waals surface area contributed by atoms with Crippen LogP contribution in [0.15, 0.2) is 30.3 Å². The van der Waals surface area contributed by atoms with Gasteiger partial charge in [0.15, 0.2) is 0 Å². The third-order valence-corrected chi connectivity index (χ3v) is 2.46. The molecule has 4 heteroatoms. The molecular formula is C11H12BrNO2. The number of hydrogen-bond donors (Lipinski definition) is 0. The number of rotatable bonds is 5. The monoisotopic (exact) mass is 269 g/mol. The normalized spacial score (nSPS) is 10.7. The Labute approximate surface area is 97.1 Å². The lowest BCUT2D eigenvalue weighted by Crippen LogP contribution is -1.87. The molecular weight excluding hydrogens is 258 g/mol. The molecule has 0 aliphatic carbocycles. The van der Waals surface area contributed by atoms with Gasteiger partial charge in [0.05, 0.1) is 4.92 Å². The first-order chi connectivity index (χ1) is 7.24. The van der Waals surface area contributed by atoms with Gasteiger partial charge >= 0.3 is 0 Å². The van der Waals surface area contributed by atoms with Crippen LogP contribution >= 0.6 is 15.9 Å². The Kier molecular flexibility index (Phi) is 5.04. The van der Waals surface area contributed by atoms with E-state index in [9.17, 15) is 10.1 Å². The molecule has 0 atom stereocenters. The molecule has 0 aliphatic heterocycles. The van der Waals surface area contributed by atoms with E-state index in [1.807, 2.05) is 18.2 Å². The zero-order chi connectivity index (χ0) is 11.1. The Morgan fingerprint density at radius 2 is 2.27 bits per heavy atom. The second-order valence-electron chi connectivity index (χ2n) is 3.09. The topological polar surface area (TPSA) is 43.1 Å². The summed E-state index contributed by atoms with van der Waals surface area (Å²) in [5.74, 6) is 0. The second kappa shape index (κ2) is 6.35. The van der Waals surface area contributed by atoms with Crippen LogP contribution in [0.4, 0.5) is 5.69 Å². The molecule has 0 spiro atoms. The average molecular weight is 270 g/mol. The molecule has 0 unspecified atom stereocenters. The zero-order valence-electron chi connectivity index (χ0n) is 8.23. The Hall–Kier alpha value is -1.16. The minimum Gasteiger partial charge on any atom is -0.258 e. The summed E-state index contributed by atoms with van der Waals surface area (Å²) < 4.78 is 0. The van der Waals surface area contributed by atoms with Crippen molar-refractivity contribution < 1.29 is 4.92 Å². The highest BCUT2D eigenvalue weighted by Gasteiger charge is 2.02. The number of allylic oxidation sites excluding steroid dienone is 1. The van der Waals surface area contributed by atoms with Crippen molar-refractivity contribution in [2.45, 2.75) is 12.8 Å². The zero-order valence-corrected chi connectivity index (χ0v) is 9.81. The highest BCUT2D eigenvalue weighted by Crippen LogP contribution is 2.14. The minimum absolute atomic E-state index is 0.137. The van der Waals surface area contributed by atoms with Crippen LogP contribution in [0.5, 0.6) is 0 Å². The van der Waals surface area contributed by atoms with Gasteiger partial charge in [0.25, 0.3) is 5.69 Å². The summed E-state index contributed by atoms with van der Waals surface area (Å²) in [4.78, 5) is 10.1. The van der Waals surface area contributed by atoms with Crippen molar-refractivity contribution in [3.63, 3.8) is 0 Å². The summed E-state index contributed by atoms with van der Waals surface area (Å²) in [6, 6.07) is 6.63. The van der Waals surface area contributed by atoms with Crippen LogP contribution in [0.25, 0.3) is 6.08 Å². The molecule has 0 radical (unpaired) electrons. The number of benzene rings is 1. The fourth-order valence-corrected chi connectivity index (χ4v) is 1.48. The highest BCUT2D eigenvalue weighted by atomic mass is 79.9. The van der Waals surface area contributed by atoms with E-state index < -0.39 is 0 Å². The smallest absolute Gasteiger partial charge is 0.258 e. The predicted molar refractivity (Wildman–Crippen MR) is 65.2 cm³/mol. The molecule has 0 bridgehead atoms. The number of hydrogen-bond acceptors (Lipinski definition) is 2. The molecule has 0 aromatic heterocycles. The number of nitro groups is 1. The Bertz CT molecular complexity index is 363. The SMILES string of the molecule is O=[N+]([O-])c1cccc(/C=C\CCCBr)c1. The van der Waals surface area contributed by atoms with Gasteiger partial charge in [-0.1, -0.05) is 40.2 Å². The van der Waals surface area contributed by atoms with Crippen LogP contribution in [-0.2, 0) is 0 Å². The molecule has 15 heavy (non-hydrogen) atoms. The molecule has 0 saturated carbocycles. The Morgan fingerprint density at radius 1 is 1.47 bits per heavy atom. The van der Waals surface area contributed by atoms with Crippen molar-refractivity contribution in [1.82, 2.24) is 0 Å². The van der Waals surface area contributed by atoms with E-state index in [-0.39, 0.29) is 10.6 Å². The number of halogens is 1. The van der Waals surface area contributed by atoms with Crippen molar-refractivity contribution in [2.75, 3.05) is 5.33 Å². The Morgan fingerprint density at radius 3 is 2.93 bits per heavy atom. The van der Waals surface area contributed by atoms with Crippen molar-refractivity contribution in [2.24, 2.45) is 0 Å². The predicted octanol–water partition coefficient (Wildman–Crippen LogP) is 3.78. The molecule has 0 heterocycles. The van der Waals surface area contributed by atoms with Crippen molar-refractivity contribution >= 4 is 27.7 Å². The van der Waals surface area contributed by atoms with Gasteiger partial charge in [-0.05, 0) is 18.4 Å². The van der Waals surface area contributed by atoms with E-state index in [0.29, 0.717) is 0 Å². The highest BCUT2D eigenvalue weighted by molar-refractivity contribution is 9.09. The summed E-state index contributed by atoms with van der Waals surface area (Å²) in [5, 5.41) is 11.5. The summed E-state index contributed by atoms with van der Waals surface area (Å²) >= 11 is 3.34. The first-order valence-electron chi connectivity index (χ1n) is 4.71. The minimum atomic E-state index is -0.379. The number of nitro benzene ring substituents is 1. The molecule has 1 aromatic rings. The van der Waals surface area contributed by atoms with E-state index >= 15 is 0 Å². The number of non-ortho nitro benzene ring substituents is 1. The fraction of sp³-hybridized carbons (Fsp3) is 0.273.